The van der Waals surface area contributed by atoms with Crippen LogP contribution in [0.25, 0.3) is 0 Å². The van der Waals surface area contributed by atoms with Crippen molar-refractivity contribution in [3.8, 4) is 5.75 Å². The SMILES string of the molecule is COc1c(Cl)cc(C(=O)N2CCCC2CC(=O)O)cc1Cl. The van der Waals surface area contributed by atoms with E-state index in [2.05, 4.69) is 0 Å². The Morgan fingerprint density at radius 3 is 2.52 bits per heavy atom. The standard InChI is InChI=1S/C14H15Cl2NO4/c1-21-13-10(15)5-8(6-11(13)16)14(20)17-4-2-3-9(17)7-12(18)19/h5-6,9H,2-4,7H2,1H3,(H,18,19). The highest BCUT2D eigenvalue weighted by molar-refractivity contribution is 6.37. The summed E-state index contributed by atoms with van der Waals surface area (Å²) in [6, 6.07) is 2.70. The van der Waals surface area contributed by atoms with Crippen molar-refractivity contribution in [2.24, 2.45) is 0 Å². The van der Waals surface area contributed by atoms with E-state index >= 15 is 0 Å². The summed E-state index contributed by atoms with van der Waals surface area (Å²) in [5, 5.41) is 9.41. The molecule has 1 aromatic carbocycles. The van der Waals surface area contributed by atoms with Crippen LogP contribution < -0.4 is 4.74 Å². The molecule has 1 heterocycles. The Labute approximate surface area is 132 Å². The molecule has 0 bridgehead atoms. The number of likely N-dealkylation sites (tertiary alicyclic amines) is 1. The number of carboxylic acids is 1. The van der Waals surface area contributed by atoms with Crippen LogP contribution in [0.1, 0.15) is 29.6 Å². The predicted octanol–water partition coefficient (Wildman–Crippen LogP) is 3.08. The third kappa shape index (κ3) is 3.41. The molecule has 1 unspecified atom stereocenters. The fourth-order valence-electron chi connectivity index (χ4n) is 2.56. The zero-order valence-corrected chi connectivity index (χ0v) is 12.9. The topological polar surface area (TPSA) is 66.8 Å². The van der Waals surface area contributed by atoms with Crippen LogP contribution in [-0.4, -0.2) is 41.6 Å². The smallest absolute Gasteiger partial charge is 0.305 e. The molecule has 0 aromatic heterocycles. The zero-order chi connectivity index (χ0) is 15.6. The van der Waals surface area contributed by atoms with E-state index in [-0.39, 0.29) is 28.4 Å². The molecule has 1 N–H and O–H groups in total. The second kappa shape index (κ2) is 6.54. The van der Waals surface area contributed by atoms with Crippen molar-refractivity contribution in [1.29, 1.82) is 0 Å². The van der Waals surface area contributed by atoms with Crippen LogP contribution in [0.15, 0.2) is 12.1 Å². The van der Waals surface area contributed by atoms with E-state index in [1.54, 1.807) is 4.90 Å². The summed E-state index contributed by atoms with van der Waals surface area (Å²) in [5.41, 5.74) is 0.336. The first-order valence-corrected chi connectivity index (χ1v) is 7.25. The van der Waals surface area contributed by atoms with Crippen LogP contribution in [-0.2, 0) is 4.79 Å². The maximum Gasteiger partial charge on any atom is 0.305 e. The predicted molar refractivity (Wildman–Crippen MR) is 79.3 cm³/mol. The van der Waals surface area contributed by atoms with Crippen LogP contribution in [0.2, 0.25) is 10.0 Å². The molecule has 21 heavy (non-hydrogen) atoms. The van der Waals surface area contributed by atoms with Crippen molar-refractivity contribution in [3.63, 3.8) is 0 Å². The minimum Gasteiger partial charge on any atom is -0.494 e. The van der Waals surface area contributed by atoms with E-state index in [4.69, 9.17) is 33.0 Å². The lowest BCUT2D eigenvalue weighted by molar-refractivity contribution is -0.137. The highest BCUT2D eigenvalue weighted by Gasteiger charge is 2.31. The summed E-state index contributed by atoms with van der Waals surface area (Å²) in [6.07, 6.45) is 1.43. The van der Waals surface area contributed by atoms with Crippen LogP contribution in [0.3, 0.4) is 0 Å². The number of halogens is 2. The molecule has 0 radical (unpaired) electrons. The van der Waals surface area contributed by atoms with E-state index in [0.717, 1.165) is 6.42 Å². The maximum atomic E-state index is 12.5. The second-order valence-electron chi connectivity index (χ2n) is 4.87. The van der Waals surface area contributed by atoms with Gasteiger partial charge < -0.3 is 14.7 Å². The van der Waals surface area contributed by atoms with Gasteiger partial charge in [0.2, 0.25) is 0 Å². The number of rotatable bonds is 4. The van der Waals surface area contributed by atoms with Gasteiger partial charge in [-0.25, -0.2) is 0 Å². The van der Waals surface area contributed by atoms with Gasteiger partial charge in [0.1, 0.15) is 0 Å². The Morgan fingerprint density at radius 2 is 2.00 bits per heavy atom. The minimum absolute atomic E-state index is 0.0522. The number of carbonyl (C=O) groups excluding carboxylic acids is 1. The van der Waals surface area contributed by atoms with Gasteiger partial charge in [-0.05, 0) is 25.0 Å². The molecule has 1 aromatic rings. The number of benzene rings is 1. The summed E-state index contributed by atoms with van der Waals surface area (Å²) in [5.74, 6) is -0.853. The van der Waals surface area contributed by atoms with E-state index in [1.165, 1.54) is 19.2 Å². The van der Waals surface area contributed by atoms with Gasteiger partial charge in [-0.15, -0.1) is 0 Å². The summed E-state index contributed by atoms with van der Waals surface area (Å²) in [6.45, 7) is 0.540. The van der Waals surface area contributed by atoms with Crippen molar-refractivity contribution in [3.05, 3.63) is 27.7 Å². The molecule has 1 aliphatic heterocycles. The van der Waals surface area contributed by atoms with Gasteiger partial charge in [-0.3, -0.25) is 9.59 Å². The molecule has 5 nitrogen and oxygen atoms in total. The monoisotopic (exact) mass is 331 g/mol. The van der Waals surface area contributed by atoms with Crippen molar-refractivity contribution in [2.75, 3.05) is 13.7 Å². The number of nitrogens with zero attached hydrogens (tertiary/aromatic N) is 1. The van der Waals surface area contributed by atoms with Gasteiger partial charge in [0.25, 0.3) is 5.91 Å². The van der Waals surface area contributed by atoms with E-state index in [1.807, 2.05) is 0 Å². The molecule has 1 atom stereocenters. The highest BCUT2D eigenvalue weighted by Crippen LogP contribution is 2.35. The molecule has 1 saturated heterocycles. The van der Waals surface area contributed by atoms with Gasteiger partial charge in [0, 0.05) is 18.2 Å². The first kappa shape index (κ1) is 15.9. The second-order valence-corrected chi connectivity index (χ2v) is 5.68. The lowest BCUT2D eigenvalue weighted by atomic mass is 10.1. The molecule has 2 rings (SSSR count). The molecule has 1 aliphatic rings. The van der Waals surface area contributed by atoms with Gasteiger partial charge in [0.15, 0.2) is 5.75 Å². The van der Waals surface area contributed by atoms with Crippen molar-refractivity contribution in [1.82, 2.24) is 4.90 Å². The fourth-order valence-corrected chi connectivity index (χ4v) is 3.20. The van der Waals surface area contributed by atoms with E-state index < -0.39 is 5.97 Å². The number of amides is 1. The first-order valence-electron chi connectivity index (χ1n) is 6.49. The molecule has 114 valence electrons. The Kier molecular flexibility index (Phi) is 4.96. The van der Waals surface area contributed by atoms with Gasteiger partial charge >= 0.3 is 5.97 Å². The molecule has 0 saturated carbocycles. The number of hydrogen-bond donors (Lipinski definition) is 1. The lowest BCUT2D eigenvalue weighted by Crippen LogP contribution is -2.36. The van der Waals surface area contributed by atoms with Crippen molar-refractivity contribution < 1.29 is 19.4 Å². The quantitative estimate of drug-likeness (QED) is 0.920. The minimum atomic E-state index is -0.912. The summed E-state index contributed by atoms with van der Waals surface area (Å²) >= 11 is 12.1. The third-order valence-electron chi connectivity index (χ3n) is 3.50. The summed E-state index contributed by atoms with van der Waals surface area (Å²) in [4.78, 5) is 24.9. The molecule has 1 fully saturated rings. The number of hydrogen-bond acceptors (Lipinski definition) is 3. The third-order valence-corrected chi connectivity index (χ3v) is 4.06. The normalized spacial score (nSPS) is 17.9. The molecular weight excluding hydrogens is 317 g/mol. The van der Waals surface area contributed by atoms with E-state index in [9.17, 15) is 9.59 Å². The number of ether oxygens (including phenoxy) is 1. The molecule has 0 spiro atoms. The first-order chi connectivity index (χ1) is 9.93. The van der Waals surface area contributed by atoms with Gasteiger partial charge in [-0.1, -0.05) is 23.2 Å². The van der Waals surface area contributed by atoms with Crippen LogP contribution in [0, 0.1) is 0 Å². The van der Waals surface area contributed by atoms with Gasteiger partial charge in [-0.2, -0.15) is 0 Å². The fraction of sp³-hybridized carbons (Fsp3) is 0.429. The Bertz CT molecular complexity index is 553. The highest BCUT2D eigenvalue weighted by atomic mass is 35.5. The van der Waals surface area contributed by atoms with Crippen LogP contribution in [0.4, 0.5) is 0 Å². The van der Waals surface area contributed by atoms with Crippen molar-refractivity contribution >= 4 is 35.1 Å². The average molecular weight is 332 g/mol. The molecular formula is C14H15Cl2NO4. The van der Waals surface area contributed by atoms with Crippen LogP contribution >= 0.6 is 23.2 Å². The Hall–Kier alpha value is -1.46. The summed E-state index contributed by atoms with van der Waals surface area (Å²) in [7, 11) is 1.44. The maximum absolute atomic E-state index is 12.5. The zero-order valence-electron chi connectivity index (χ0n) is 11.4. The molecule has 0 aliphatic carbocycles. The lowest BCUT2D eigenvalue weighted by Gasteiger charge is -2.24. The Balaban J connectivity index is 2.25. The number of methoxy groups -OCH3 is 1. The average Bonchev–Trinajstić information content (AvgIpc) is 2.84. The van der Waals surface area contributed by atoms with Crippen molar-refractivity contribution in [2.45, 2.75) is 25.3 Å². The van der Waals surface area contributed by atoms with E-state index in [0.29, 0.717) is 24.3 Å². The number of carboxylic acid groups (broad SMARTS) is 1. The largest absolute Gasteiger partial charge is 0.494 e. The Morgan fingerprint density at radius 1 is 1.38 bits per heavy atom. The summed E-state index contributed by atoms with van der Waals surface area (Å²) < 4.78 is 5.04. The van der Waals surface area contributed by atoms with Crippen LogP contribution in [0.5, 0.6) is 5.75 Å². The number of carbonyl (C=O) groups is 2. The molecule has 1 amide bonds. The number of aliphatic carboxylic acids is 1. The van der Waals surface area contributed by atoms with Gasteiger partial charge in [0.05, 0.1) is 23.6 Å². The molecule has 7 heteroatoms.